The van der Waals surface area contributed by atoms with Gasteiger partial charge in [0.15, 0.2) is 11.5 Å². The summed E-state index contributed by atoms with van der Waals surface area (Å²) in [5.41, 5.74) is 3.38. The lowest BCUT2D eigenvalue weighted by molar-refractivity contribution is 0.373. The molecule has 5 nitrogen and oxygen atoms in total. The molecule has 3 aromatic rings. The lowest BCUT2D eigenvalue weighted by Crippen LogP contribution is -2.02. The highest BCUT2D eigenvalue weighted by Crippen LogP contribution is 2.28. The van der Waals surface area contributed by atoms with Crippen LogP contribution in [0, 0.1) is 0 Å². The van der Waals surface area contributed by atoms with E-state index in [9.17, 15) is 5.11 Å². The van der Waals surface area contributed by atoms with Crippen LogP contribution >= 0.6 is 0 Å². The standard InChI is InChI=1S/C16H15N3O2/c1-21-16-7-6-11(8-15(16)20)17-9-12-10-18-13-4-2-3-5-14(13)19-12/h2-8,10,17,20H,9H2,1H3. The lowest BCUT2D eigenvalue weighted by atomic mass is 10.2. The number of fused-ring (bicyclic) bond motifs is 1. The molecule has 0 aliphatic rings. The summed E-state index contributed by atoms with van der Waals surface area (Å²) in [5.74, 6) is 0.554. The molecule has 0 unspecified atom stereocenters. The molecule has 2 N–H and O–H groups in total. The van der Waals surface area contributed by atoms with Gasteiger partial charge in [0.25, 0.3) is 0 Å². The molecule has 2 aromatic carbocycles. The van der Waals surface area contributed by atoms with Crippen LogP contribution in [0.15, 0.2) is 48.7 Å². The van der Waals surface area contributed by atoms with Crippen LogP contribution in [0.4, 0.5) is 5.69 Å². The summed E-state index contributed by atoms with van der Waals surface area (Å²) in [6, 6.07) is 12.9. The SMILES string of the molecule is COc1ccc(NCc2cnc3ccccc3n2)cc1O. The Bertz CT molecular complexity index is 774. The minimum atomic E-state index is 0.104. The van der Waals surface area contributed by atoms with E-state index in [1.54, 1.807) is 18.3 Å². The van der Waals surface area contributed by atoms with Crippen LogP contribution in [-0.4, -0.2) is 22.2 Å². The van der Waals surface area contributed by atoms with Gasteiger partial charge in [0.2, 0.25) is 0 Å². The van der Waals surface area contributed by atoms with Gasteiger partial charge in [-0.25, -0.2) is 4.98 Å². The highest BCUT2D eigenvalue weighted by molar-refractivity contribution is 5.73. The maximum absolute atomic E-state index is 9.74. The number of benzene rings is 2. The number of hydrogen-bond acceptors (Lipinski definition) is 5. The minimum Gasteiger partial charge on any atom is -0.504 e. The van der Waals surface area contributed by atoms with Crippen LogP contribution in [0.3, 0.4) is 0 Å². The van der Waals surface area contributed by atoms with Crippen molar-refractivity contribution in [3.8, 4) is 11.5 Å². The molecular formula is C16H15N3O2. The van der Waals surface area contributed by atoms with E-state index >= 15 is 0 Å². The van der Waals surface area contributed by atoms with Gasteiger partial charge in [0, 0.05) is 11.8 Å². The molecule has 0 spiro atoms. The van der Waals surface area contributed by atoms with E-state index in [0.717, 1.165) is 22.4 Å². The first-order chi connectivity index (χ1) is 10.3. The highest BCUT2D eigenvalue weighted by Gasteiger charge is 2.03. The fourth-order valence-corrected chi connectivity index (χ4v) is 2.07. The van der Waals surface area contributed by atoms with Gasteiger partial charge < -0.3 is 15.2 Å². The summed E-state index contributed by atoms with van der Waals surface area (Å²) in [5, 5.41) is 12.9. The number of phenols is 1. The molecule has 21 heavy (non-hydrogen) atoms. The number of nitrogens with zero attached hydrogens (tertiary/aromatic N) is 2. The number of anilines is 1. The van der Waals surface area contributed by atoms with Gasteiger partial charge in [0.1, 0.15) is 0 Å². The van der Waals surface area contributed by atoms with Crippen molar-refractivity contribution in [3.63, 3.8) is 0 Å². The smallest absolute Gasteiger partial charge is 0.160 e. The van der Waals surface area contributed by atoms with Crippen molar-refractivity contribution >= 4 is 16.7 Å². The second-order valence-electron chi connectivity index (χ2n) is 4.59. The molecular weight excluding hydrogens is 266 g/mol. The zero-order valence-corrected chi connectivity index (χ0v) is 11.6. The fourth-order valence-electron chi connectivity index (χ4n) is 2.07. The molecule has 0 aliphatic carbocycles. The Balaban J connectivity index is 1.75. The third kappa shape index (κ3) is 2.86. The molecule has 1 aromatic heterocycles. The Morgan fingerprint density at radius 2 is 1.95 bits per heavy atom. The van der Waals surface area contributed by atoms with Crippen molar-refractivity contribution in [2.75, 3.05) is 12.4 Å². The van der Waals surface area contributed by atoms with Gasteiger partial charge in [0.05, 0.1) is 36.6 Å². The van der Waals surface area contributed by atoms with Gasteiger partial charge in [-0.1, -0.05) is 12.1 Å². The van der Waals surface area contributed by atoms with Gasteiger partial charge in [-0.3, -0.25) is 4.98 Å². The van der Waals surface area contributed by atoms with Crippen LogP contribution in [0.2, 0.25) is 0 Å². The van der Waals surface area contributed by atoms with E-state index in [4.69, 9.17) is 4.74 Å². The fraction of sp³-hybridized carbons (Fsp3) is 0.125. The molecule has 0 atom stereocenters. The van der Waals surface area contributed by atoms with E-state index in [1.807, 2.05) is 30.3 Å². The van der Waals surface area contributed by atoms with Crippen LogP contribution in [0.1, 0.15) is 5.69 Å². The number of ether oxygens (including phenoxy) is 1. The van der Waals surface area contributed by atoms with Gasteiger partial charge in [-0.05, 0) is 24.3 Å². The lowest BCUT2D eigenvalue weighted by Gasteiger charge is -2.09. The molecule has 0 saturated carbocycles. The largest absolute Gasteiger partial charge is 0.504 e. The van der Waals surface area contributed by atoms with E-state index in [0.29, 0.717) is 12.3 Å². The van der Waals surface area contributed by atoms with Crippen LogP contribution in [-0.2, 0) is 6.54 Å². The molecule has 106 valence electrons. The highest BCUT2D eigenvalue weighted by atomic mass is 16.5. The summed E-state index contributed by atoms with van der Waals surface area (Å²) in [4.78, 5) is 8.90. The summed E-state index contributed by atoms with van der Waals surface area (Å²) < 4.78 is 5.01. The Morgan fingerprint density at radius 3 is 2.71 bits per heavy atom. The van der Waals surface area contributed by atoms with Gasteiger partial charge in [-0.15, -0.1) is 0 Å². The first kappa shape index (κ1) is 13.2. The second-order valence-corrected chi connectivity index (χ2v) is 4.59. The van der Waals surface area contributed by atoms with Crippen LogP contribution < -0.4 is 10.1 Å². The quantitative estimate of drug-likeness (QED) is 0.769. The number of hydrogen-bond donors (Lipinski definition) is 2. The summed E-state index contributed by atoms with van der Waals surface area (Å²) in [6.07, 6.45) is 1.75. The number of rotatable bonds is 4. The normalized spacial score (nSPS) is 10.5. The maximum Gasteiger partial charge on any atom is 0.160 e. The third-order valence-corrected chi connectivity index (χ3v) is 3.15. The molecule has 0 bridgehead atoms. The van der Waals surface area contributed by atoms with Gasteiger partial charge >= 0.3 is 0 Å². The Hall–Kier alpha value is -2.82. The molecule has 0 fully saturated rings. The first-order valence-corrected chi connectivity index (χ1v) is 6.58. The Morgan fingerprint density at radius 1 is 1.14 bits per heavy atom. The zero-order valence-electron chi connectivity index (χ0n) is 11.6. The maximum atomic E-state index is 9.74. The van der Waals surface area contributed by atoms with Crippen LogP contribution in [0.5, 0.6) is 11.5 Å². The van der Waals surface area contributed by atoms with Crippen LogP contribution in [0.25, 0.3) is 11.0 Å². The first-order valence-electron chi connectivity index (χ1n) is 6.58. The monoisotopic (exact) mass is 281 g/mol. The average Bonchev–Trinajstić information content (AvgIpc) is 2.53. The molecule has 1 heterocycles. The second kappa shape index (κ2) is 5.66. The molecule has 0 saturated heterocycles. The third-order valence-electron chi connectivity index (χ3n) is 3.15. The number of methoxy groups -OCH3 is 1. The van der Waals surface area contributed by atoms with E-state index in [-0.39, 0.29) is 5.75 Å². The molecule has 0 aliphatic heterocycles. The molecule has 0 radical (unpaired) electrons. The minimum absolute atomic E-state index is 0.104. The predicted octanol–water partition coefficient (Wildman–Crippen LogP) is 2.96. The Kier molecular flexibility index (Phi) is 3.55. The predicted molar refractivity (Wildman–Crippen MR) is 81.5 cm³/mol. The van der Waals surface area contributed by atoms with Crippen molar-refractivity contribution in [1.29, 1.82) is 0 Å². The number of para-hydroxylation sites is 2. The van der Waals surface area contributed by atoms with Crippen molar-refractivity contribution in [2.45, 2.75) is 6.54 Å². The number of aromatic hydroxyl groups is 1. The average molecular weight is 281 g/mol. The molecule has 3 rings (SSSR count). The number of phenolic OH excluding ortho intramolecular Hbond substituents is 1. The zero-order chi connectivity index (χ0) is 14.7. The van der Waals surface area contributed by atoms with E-state index in [1.165, 1.54) is 7.11 Å². The van der Waals surface area contributed by atoms with Crippen molar-refractivity contribution in [1.82, 2.24) is 9.97 Å². The summed E-state index contributed by atoms with van der Waals surface area (Å²) in [7, 11) is 1.52. The number of aromatic nitrogens is 2. The molecule has 0 amide bonds. The van der Waals surface area contributed by atoms with Crippen molar-refractivity contribution in [2.24, 2.45) is 0 Å². The number of nitrogens with one attached hydrogen (secondary N) is 1. The topological polar surface area (TPSA) is 67.3 Å². The summed E-state index contributed by atoms with van der Waals surface area (Å²) >= 11 is 0. The van der Waals surface area contributed by atoms with Crippen molar-refractivity contribution < 1.29 is 9.84 Å². The van der Waals surface area contributed by atoms with Crippen molar-refractivity contribution in [3.05, 3.63) is 54.4 Å². The van der Waals surface area contributed by atoms with E-state index in [2.05, 4.69) is 15.3 Å². The summed E-state index contributed by atoms with van der Waals surface area (Å²) in [6.45, 7) is 0.531. The molecule has 5 heteroatoms. The van der Waals surface area contributed by atoms with Gasteiger partial charge in [-0.2, -0.15) is 0 Å². The Labute approximate surface area is 122 Å². The van der Waals surface area contributed by atoms with E-state index < -0.39 is 0 Å².